The van der Waals surface area contributed by atoms with Gasteiger partial charge < -0.3 is 19.9 Å². The Hall–Kier alpha value is -1.72. The van der Waals surface area contributed by atoms with Crippen molar-refractivity contribution >= 4 is 17.0 Å². The molecular weight excluding hydrogens is 262 g/mol. The molecule has 0 fully saturated rings. The molecule has 5 heteroatoms. The average Bonchev–Trinajstić information content (AvgIpc) is 2.99. The van der Waals surface area contributed by atoms with Gasteiger partial charge in [-0.15, -0.1) is 11.3 Å². The van der Waals surface area contributed by atoms with Crippen molar-refractivity contribution in [2.45, 2.75) is 6.10 Å². The minimum atomic E-state index is -0.492. The number of thiophene rings is 1. The van der Waals surface area contributed by atoms with Crippen LogP contribution < -0.4 is 14.8 Å². The molecule has 2 N–H and O–H groups in total. The molecular formula is C14H15NO3S. The summed E-state index contributed by atoms with van der Waals surface area (Å²) in [6.45, 7) is 1.64. The highest BCUT2D eigenvalue weighted by Gasteiger charge is 2.12. The van der Waals surface area contributed by atoms with E-state index >= 15 is 0 Å². The zero-order chi connectivity index (χ0) is 13.1. The largest absolute Gasteiger partial charge is 0.486 e. The van der Waals surface area contributed by atoms with E-state index in [1.807, 2.05) is 35.7 Å². The van der Waals surface area contributed by atoms with Gasteiger partial charge in [0.15, 0.2) is 11.5 Å². The van der Waals surface area contributed by atoms with Gasteiger partial charge in [0.05, 0.1) is 0 Å². The van der Waals surface area contributed by atoms with Crippen molar-refractivity contribution < 1.29 is 14.6 Å². The van der Waals surface area contributed by atoms with E-state index in [2.05, 4.69) is 5.32 Å². The molecule has 1 unspecified atom stereocenters. The SMILES string of the molecule is OC(CNc1ccc2c(c1)OCCO2)c1cccs1. The van der Waals surface area contributed by atoms with Crippen molar-refractivity contribution in [3.8, 4) is 11.5 Å². The van der Waals surface area contributed by atoms with Crippen LogP contribution in [0.1, 0.15) is 11.0 Å². The van der Waals surface area contributed by atoms with E-state index in [1.54, 1.807) is 11.3 Å². The first kappa shape index (κ1) is 12.3. The van der Waals surface area contributed by atoms with Gasteiger partial charge in [-0.05, 0) is 23.6 Å². The molecule has 2 heterocycles. The lowest BCUT2D eigenvalue weighted by Gasteiger charge is -2.19. The number of hydrogen-bond acceptors (Lipinski definition) is 5. The van der Waals surface area contributed by atoms with Crippen LogP contribution in [0.3, 0.4) is 0 Å². The molecule has 4 nitrogen and oxygen atoms in total. The zero-order valence-corrected chi connectivity index (χ0v) is 11.2. The van der Waals surface area contributed by atoms with Gasteiger partial charge in [0.1, 0.15) is 19.3 Å². The van der Waals surface area contributed by atoms with Crippen molar-refractivity contribution in [2.75, 3.05) is 25.1 Å². The number of aliphatic hydroxyl groups excluding tert-OH is 1. The number of fused-ring (bicyclic) bond motifs is 1. The summed E-state index contributed by atoms with van der Waals surface area (Å²) in [5.74, 6) is 1.53. The molecule has 1 aliphatic rings. The topological polar surface area (TPSA) is 50.7 Å². The molecule has 0 bridgehead atoms. The zero-order valence-electron chi connectivity index (χ0n) is 10.3. The fraction of sp³-hybridized carbons (Fsp3) is 0.286. The van der Waals surface area contributed by atoms with Crippen LogP contribution in [0.5, 0.6) is 11.5 Å². The van der Waals surface area contributed by atoms with Crippen LogP contribution in [0.25, 0.3) is 0 Å². The van der Waals surface area contributed by atoms with Gasteiger partial charge in [0.2, 0.25) is 0 Å². The summed E-state index contributed by atoms with van der Waals surface area (Å²) in [7, 11) is 0. The van der Waals surface area contributed by atoms with Crippen molar-refractivity contribution in [1.29, 1.82) is 0 Å². The number of hydrogen-bond donors (Lipinski definition) is 2. The van der Waals surface area contributed by atoms with Gasteiger partial charge in [-0.2, -0.15) is 0 Å². The predicted octanol–water partition coefficient (Wildman–Crippen LogP) is 2.66. The number of nitrogens with one attached hydrogen (secondary N) is 1. The molecule has 1 atom stereocenters. The molecule has 1 aromatic carbocycles. The Morgan fingerprint density at radius 2 is 2.05 bits per heavy atom. The molecule has 0 aliphatic carbocycles. The third-order valence-electron chi connectivity index (χ3n) is 2.91. The third-order valence-corrected chi connectivity index (χ3v) is 3.89. The molecule has 1 aliphatic heterocycles. The summed E-state index contributed by atoms with van der Waals surface area (Å²) in [5.41, 5.74) is 0.917. The summed E-state index contributed by atoms with van der Waals surface area (Å²) in [6, 6.07) is 9.58. The van der Waals surface area contributed by atoms with E-state index in [9.17, 15) is 5.11 Å². The van der Waals surface area contributed by atoms with E-state index in [0.717, 1.165) is 22.1 Å². The number of benzene rings is 1. The van der Waals surface area contributed by atoms with E-state index in [-0.39, 0.29) is 0 Å². The van der Waals surface area contributed by atoms with Crippen LogP contribution in [0.2, 0.25) is 0 Å². The fourth-order valence-electron chi connectivity index (χ4n) is 1.95. The lowest BCUT2D eigenvalue weighted by molar-refractivity contribution is 0.171. The van der Waals surface area contributed by atoms with E-state index in [1.165, 1.54) is 0 Å². The van der Waals surface area contributed by atoms with Gasteiger partial charge in [0.25, 0.3) is 0 Å². The Labute approximate surface area is 115 Å². The van der Waals surface area contributed by atoms with E-state index in [4.69, 9.17) is 9.47 Å². The smallest absolute Gasteiger partial charge is 0.163 e. The first-order chi connectivity index (χ1) is 9.33. The maximum atomic E-state index is 10.0. The molecule has 0 spiro atoms. The Kier molecular flexibility index (Phi) is 3.57. The van der Waals surface area contributed by atoms with Crippen LogP contribution in [-0.2, 0) is 0 Å². The van der Waals surface area contributed by atoms with Crippen molar-refractivity contribution in [3.05, 3.63) is 40.6 Å². The summed E-state index contributed by atoms with van der Waals surface area (Å²) in [5, 5.41) is 15.2. The maximum absolute atomic E-state index is 10.0. The summed E-state index contributed by atoms with van der Waals surface area (Å²) < 4.78 is 11.0. The summed E-state index contributed by atoms with van der Waals surface area (Å²) >= 11 is 1.55. The monoisotopic (exact) mass is 277 g/mol. The highest BCUT2D eigenvalue weighted by Crippen LogP contribution is 2.32. The molecule has 0 amide bonds. The molecule has 0 saturated heterocycles. The van der Waals surface area contributed by atoms with Crippen LogP contribution in [0.15, 0.2) is 35.7 Å². The van der Waals surface area contributed by atoms with Crippen LogP contribution >= 0.6 is 11.3 Å². The summed E-state index contributed by atoms with van der Waals surface area (Å²) in [4.78, 5) is 0.963. The molecule has 0 saturated carbocycles. The van der Waals surface area contributed by atoms with Crippen molar-refractivity contribution in [2.24, 2.45) is 0 Å². The minimum Gasteiger partial charge on any atom is -0.486 e. The highest BCUT2D eigenvalue weighted by molar-refractivity contribution is 7.10. The first-order valence-corrected chi connectivity index (χ1v) is 7.06. The van der Waals surface area contributed by atoms with Gasteiger partial charge >= 0.3 is 0 Å². The summed E-state index contributed by atoms with van der Waals surface area (Å²) in [6.07, 6.45) is -0.492. The van der Waals surface area contributed by atoms with Crippen molar-refractivity contribution in [3.63, 3.8) is 0 Å². The Balaban J connectivity index is 1.64. The van der Waals surface area contributed by atoms with E-state index < -0.39 is 6.10 Å². The molecule has 0 radical (unpaired) electrons. The normalized spacial score (nSPS) is 15.0. The van der Waals surface area contributed by atoms with Gasteiger partial charge in [-0.1, -0.05) is 6.07 Å². The molecule has 3 rings (SSSR count). The Morgan fingerprint density at radius 3 is 2.84 bits per heavy atom. The molecule has 1 aromatic heterocycles. The fourth-order valence-corrected chi connectivity index (χ4v) is 2.66. The molecule has 19 heavy (non-hydrogen) atoms. The van der Waals surface area contributed by atoms with Crippen LogP contribution in [0, 0.1) is 0 Å². The second-order valence-electron chi connectivity index (χ2n) is 4.27. The number of rotatable bonds is 4. The maximum Gasteiger partial charge on any atom is 0.163 e. The lowest BCUT2D eigenvalue weighted by Crippen LogP contribution is -2.16. The lowest BCUT2D eigenvalue weighted by atomic mass is 10.2. The second-order valence-corrected chi connectivity index (χ2v) is 5.25. The third kappa shape index (κ3) is 2.83. The van der Waals surface area contributed by atoms with Crippen LogP contribution in [-0.4, -0.2) is 24.9 Å². The number of ether oxygens (including phenoxy) is 2. The standard InChI is InChI=1S/C14H15NO3S/c16-11(14-2-1-7-19-14)9-15-10-3-4-12-13(8-10)18-6-5-17-12/h1-4,7-8,11,15-16H,5-6,9H2. The minimum absolute atomic E-state index is 0.472. The number of aliphatic hydroxyl groups is 1. The quantitative estimate of drug-likeness (QED) is 0.902. The Bertz CT molecular complexity index is 542. The van der Waals surface area contributed by atoms with Gasteiger partial charge in [-0.3, -0.25) is 0 Å². The van der Waals surface area contributed by atoms with Gasteiger partial charge in [0, 0.05) is 23.2 Å². The highest BCUT2D eigenvalue weighted by atomic mass is 32.1. The number of anilines is 1. The Morgan fingerprint density at radius 1 is 1.21 bits per heavy atom. The van der Waals surface area contributed by atoms with Gasteiger partial charge in [-0.25, -0.2) is 0 Å². The second kappa shape index (κ2) is 5.50. The molecule has 2 aromatic rings. The average molecular weight is 277 g/mol. The van der Waals surface area contributed by atoms with E-state index in [0.29, 0.717) is 19.8 Å². The van der Waals surface area contributed by atoms with Crippen LogP contribution in [0.4, 0.5) is 5.69 Å². The first-order valence-electron chi connectivity index (χ1n) is 6.18. The predicted molar refractivity (Wildman–Crippen MR) is 75.2 cm³/mol. The molecule has 100 valence electrons. The van der Waals surface area contributed by atoms with Crippen molar-refractivity contribution in [1.82, 2.24) is 0 Å².